The minimum Gasteiger partial charge on any atom is -0.495 e. The lowest BCUT2D eigenvalue weighted by atomic mass is 10.1. The first-order valence-electron chi connectivity index (χ1n) is 12.0. The number of H-pyrrole nitrogens is 1. The van der Waals surface area contributed by atoms with E-state index in [9.17, 15) is 9.59 Å². The number of likely N-dealkylation sites (tertiary alicyclic amines) is 1. The Bertz CT molecular complexity index is 1500. The van der Waals surface area contributed by atoms with Crippen LogP contribution in [0.4, 0.5) is 5.69 Å². The van der Waals surface area contributed by atoms with E-state index in [0.717, 1.165) is 18.4 Å². The molecule has 0 spiro atoms. The summed E-state index contributed by atoms with van der Waals surface area (Å²) in [6, 6.07) is 10.5. The lowest BCUT2D eigenvalue weighted by Gasteiger charge is -2.31. The highest BCUT2D eigenvalue weighted by Crippen LogP contribution is 2.31. The molecule has 0 unspecified atom stereocenters. The lowest BCUT2D eigenvalue weighted by molar-refractivity contribution is -0.127. The van der Waals surface area contributed by atoms with Crippen molar-refractivity contribution in [2.24, 2.45) is 0 Å². The summed E-state index contributed by atoms with van der Waals surface area (Å²) in [4.78, 5) is 31.2. The maximum atomic E-state index is 13.0. The number of pyridine rings is 1. The molecule has 1 aliphatic rings. The molecule has 1 fully saturated rings. The smallest absolute Gasteiger partial charge is 0.274 e. The van der Waals surface area contributed by atoms with Crippen LogP contribution in [0.1, 0.15) is 29.4 Å². The number of rotatable bonds is 7. The van der Waals surface area contributed by atoms with Gasteiger partial charge in [0.15, 0.2) is 0 Å². The van der Waals surface area contributed by atoms with Gasteiger partial charge in [0.2, 0.25) is 5.91 Å². The normalized spacial score (nSPS) is 15.2. The summed E-state index contributed by atoms with van der Waals surface area (Å²) in [5.74, 6) is -0.0292. The second-order valence-corrected chi connectivity index (χ2v) is 9.15. The summed E-state index contributed by atoms with van der Waals surface area (Å²) < 4.78 is 7.34. The second-order valence-electron chi connectivity index (χ2n) is 8.74. The second kappa shape index (κ2) is 10.9. The van der Waals surface area contributed by atoms with Gasteiger partial charge in [0, 0.05) is 18.7 Å². The highest BCUT2D eigenvalue weighted by atomic mass is 35.5. The van der Waals surface area contributed by atoms with Crippen molar-refractivity contribution in [3.8, 4) is 28.4 Å². The Morgan fingerprint density at radius 1 is 1.26 bits per heavy atom. The number of methoxy groups -OCH3 is 1. The minimum atomic E-state index is -0.407. The third-order valence-electron chi connectivity index (χ3n) is 6.34. The van der Waals surface area contributed by atoms with Gasteiger partial charge in [-0.15, -0.1) is 5.10 Å². The molecule has 38 heavy (non-hydrogen) atoms. The van der Waals surface area contributed by atoms with Crippen LogP contribution in [0.2, 0.25) is 5.02 Å². The number of benzene rings is 1. The van der Waals surface area contributed by atoms with Crippen LogP contribution in [-0.4, -0.2) is 67.1 Å². The topological polar surface area (TPSA) is 131 Å². The van der Waals surface area contributed by atoms with Crippen molar-refractivity contribution in [1.29, 1.82) is 0 Å². The number of nitrogens with zero attached hydrogens (tertiary/aromatic N) is 6. The number of halogens is 1. The highest BCUT2D eigenvalue weighted by Gasteiger charge is 2.25. The molecule has 4 aromatic rings. The molecule has 0 aliphatic carbocycles. The number of hydrogen-bond acceptors (Lipinski definition) is 7. The van der Waals surface area contributed by atoms with Gasteiger partial charge in [-0.25, -0.2) is 9.67 Å². The summed E-state index contributed by atoms with van der Waals surface area (Å²) in [7, 11) is 1.53. The molecule has 11 nitrogen and oxygen atoms in total. The van der Waals surface area contributed by atoms with E-state index in [1.807, 2.05) is 12.3 Å². The molecule has 1 aromatic carbocycles. The lowest BCUT2D eigenvalue weighted by Crippen LogP contribution is -2.40. The van der Waals surface area contributed by atoms with Crippen LogP contribution in [0.3, 0.4) is 0 Å². The van der Waals surface area contributed by atoms with E-state index >= 15 is 0 Å². The average molecular weight is 533 g/mol. The van der Waals surface area contributed by atoms with Crippen LogP contribution in [-0.2, 0) is 4.79 Å². The summed E-state index contributed by atoms with van der Waals surface area (Å²) in [6.45, 7) is 4.85. The van der Waals surface area contributed by atoms with Gasteiger partial charge in [0.1, 0.15) is 22.8 Å². The Labute approximate surface area is 223 Å². The van der Waals surface area contributed by atoms with Gasteiger partial charge >= 0.3 is 0 Å². The van der Waals surface area contributed by atoms with Crippen LogP contribution >= 0.6 is 11.6 Å². The van der Waals surface area contributed by atoms with E-state index in [2.05, 4.69) is 37.4 Å². The number of aromatic amines is 1. The fraction of sp³-hybridized carbons (Fsp3) is 0.231. The fourth-order valence-electron chi connectivity index (χ4n) is 4.38. The highest BCUT2D eigenvalue weighted by molar-refractivity contribution is 6.32. The summed E-state index contributed by atoms with van der Waals surface area (Å²) in [5.41, 5.74) is 3.14. The van der Waals surface area contributed by atoms with E-state index in [1.54, 1.807) is 39.9 Å². The maximum Gasteiger partial charge on any atom is 0.274 e. The molecule has 5 rings (SSSR count). The largest absolute Gasteiger partial charge is 0.495 e. The molecule has 12 heteroatoms. The molecule has 1 saturated heterocycles. The van der Waals surface area contributed by atoms with Crippen molar-refractivity contribution in [2.45, 2.75) is 18.9 Å². The van der Waals surface area contributed by atoms with Crippen LogP contribution in [0, 0.1) is 0 Å². The third kappa shape index (κ3) is 5.14. The van der Waals surface area contributed by atoms with Crippen molar-refractivity contribution >= 4 is 29.1 Å². The summed E-state index contributed by atoms with van der Waals surface area (Å²) in [6.07, 6.45) is 6.46. The standard InChI is InChI=1S/C26H25ClN8O3/c1-3-24(36)34-11-5-6-17(14-34)35-15-22(31-33-35)16-9-10-19(23(12-16)38-2)30-26(37)21-8-4-7-20(29-21)25-18(27)13-28-32-25/h3-4,7-10,12-13,15,17H,1,5-6,11,14H2,2H3,(H,28,32)(H,30,37)/t17-/m0/s1. The van der Waals surface area contributed by atoms with Gasteiger partial charge < -0.3 is 15.0 Å². The van der Waals surface area contributed by atoms with E-state index in [1.165, 1.54) is 19.4 Å². The Morgan fingerprint density at radius 3 is 2.89 bits per heavy atom. The number of carbonyl (C=O) groups excluding carboxylic acids is 2. The molecule has 1 atom stereocenters. The number of ether oxygens (including phenoxy) is 1. The molecule has 0 radical (unpaired) electrons. The average Bonchev–Trinajstić information content (AvgIpc) is 3.62. The predicted molar refractivity (Wildman–Crippen MR) is 142 cm³/mol. The fourth-order valence-corrected chi connectivity index (χ4v) is 4.57. The molecular weight excluding hydrogens is 508 g/mol. The van der Waals surface area contributed by atoms with Gasteiger partial charge in [-0.2, -0.15) is 5.10 Å². The van der Waals surface area contributed by atoms with Crippen LogP contribution in [0.5, 0.6) is 5.75 Å². The number of piperidine rings is 1. The molecule has 194 valence electrons. The monoisotopic (exact) mass is 532 g/mol. The number of anilines is 1. The first kappa shape index (κ1) is 25.2. The number of aromatic nitrogens is 6. The van der Waals surface area contributed by atoms with E-state index in [0.29, 0.717) is 46.6 Å². The number of hydrogen-bond donors (Lipinski definition) is 2. The zero-order chi connectivity index (χ0) is 26.6. The number of nitrogens with one attached hydrogen (secondary N) is 2. The molecular formula is C26H25ClN8O3. The van der Waals surface area contributed by atoms with Crippen molar-refractivity contribution in [3.63, 3.8) is 0 Å². The Hall–Kier alpha value is -4.51. The van der Waals surface area contributed by atoms with E-state index < -0.39 is 5.91 Å². The van der Waals surface area contributed by atoms with Crippen LogP contribution < -0.4 is 10.1 Å². The van der Waals surface area contributed by atoms with Crippen molar-refractivity contribution in [2.75, 3.05) is 25.5 Å². The molecule has 0 bridgehead atoms. The van der Waals surface area contributed by atoms with Gasteiger partial charge in [-0.3, -0.25) is 14.7 Å². The van der Waals surface area contributed by atoms with Gasteiger partial charge in [0.05, 0.1) is 41.9 Å². The Morgan fingerprint density at radius 2 is 2.13 bits per heavy atom. The van der Waals surface area contributed by atoms with Crippen molar-refractivity contribution in [3.05, 3.63) is 72.2 Å². The zero-order valence-electron chi connectivity index (χ0n) is 20.6. The predicted octanol–water partition coefficient (Wildman–Crippen LogP) is 3.99. The maximum absolute atomic E-state index is 13.0. The van der Waals surface area contributed by atoms with E-state index in [-0.39, 0.29) is 17.6 Å². The number of amides is 2. The Kier molecular flexibility index (Phi) is 7.18. The first-order valence-corrected chi connectivity index (χ1v) is 12.3. The summed E-state index contributed by atoms with van der Waals surface area (Å²) in [5, 5.41) is 18.6. The molecule has 2 N–H and O–H groups in total. The molecule has 2 amide bonds. The van der Waals surface area contributed by atoms with Crippen LogP contribution in [0.15, 0.2) is 61.4 Å². The SMILES string of the molecule is C=CC(=O)N1CCC[C@H](n2cc(-c3ccc(NC(=O)c4cccc(-c5[nH]ncc5Cl)n4)c(OC)c3)nn2)C1. The molecule has 1 aliphatic heterocycles. The van der Waals surface area contributed by atoms with Gasteiger partial charge in [0.25, 0.3) is 5.91 Å². The molecule has 4 heterocycles. The van der Waals surface area contributed by atoms with Crippen LogP contribution in [0.25, 0.3) is 22.6 Å². The molecule has 3 aromatic heterocycles. The third-order valence-corrected chi connectivity index (χ3v) is 6.63. The number of carbonyl (C=O) groups is 2. The van der Waals surface area contributed by atoms with Gasteiger partial charge in [-0.1, -0.05) is 35.5 Å². The Balaban J connectivity index is 1.32. The first-order chi connectivity index (χ1) is 18.5. The summed E-state index contributed by atoms with van der Waals surface area (Å²) >= 11 is 6.13. The quantitative estimate of drug-likeness (QED) is 0.344. The zero-order valence-corrected chi connectivity index (χ0v) is 21.4. The van der Waals surface area contributed by atoms with Gasteiger partial charge in [-0.05, 0) is 43.2 Å². The minimum absolute atomic E-state index is 0.0364. The van der Waals surface area contributed by atoms with Crippen molar-refractivity contribution < 1.29 is 14.3 Å². The molecule has 0 saturated carbocycles. The van der Waals surface area contributed by atoms with Crippen molar-refractivity contribution in [1.82, 2.24) is 35.1 Å². The van der Waals surface area contributed by atoms with E-state index in [4.69, 9.17) is 16.3 Å².